The van der Waals surface area contributed by atoms with Crippen LogP contribution in [0.25, 0.3) is 0 Å². The number of hydrogen-bond donors (Lipinski definition) is 0. The molecule has 3 heteroatoms. The third-order valence-electron chi connectivity index (χ3n) is 2.52. The Labute approximate surface area is 80.2 Å². The molecular formula is C10H19N3. The van der Waals surface area contributed by atoms with E-state index in [1.165, 1.54) is 0 Å². The molecule has 0 bridgehead atoms. The molecule has 0 radical (unpaired) electrons. The zero-order valence-electron chi connectivity index (χ0n) is 8.99. The van der Waals surface area contributed by atoms with Crippen LogP contribution in [-0.4, -0.2) is 14.8 Å². The van der Waals surface area contributed by atoms with E-state index in [0.29, 0.717) is 11.8 Å². The Morgan fingerprint density at radius 2 is 2.08 bits per heavy atom. The van der Waals surface area contributed by atoms with Gasteiger partial charge in [-0.25, -0.2) is 0 Å². The van der Waals surface area contributed by atoms with E-state index in [1.807, 2.05) is 6.33 Å². The molecule has 1 atom stereocenters. The molecule has 0 saturated heterocycles. The van der Waals surface area contributed by atoms with Crippen LogP contribution >= 0.6 is 0 Å². The smallest absolute Gasteiger partial charge is 0.135 e. The zero-order chi connectivity index (χ0) is 9.84. The van der Waals surface area contributed by atoms with Crippen molar-refractivity contribution < 1.29 is 0 Å². The molecule has 1 unspecified atom stereocenters. The molecule has 0 fully saturated rings. The lowest BCUT2D eigenvalue weighted by Gasteiger charge is -2.15. The fourth-order valence-electron chi connectivity index (χ4n) is 1.33. The minimum atomic E-state index is 0.494. The van der Waals surface area contributed by atoms with Gasteiger partial charge in [0, 0.05) is 12.5 Å². The highest BCUT2D eigenvalue weighted by Crippen LogP contribution is 2.21. The minimum Gasteiger partial charge on any atom is -0.317 e. The van der Waals surface area contributed by atoms with E-state index in [-0.39, 0.29) is 0 Å². The van der Waals surface area contributed by atoms with E-state index in [4.69, 9.17) is 0 Å². The lowest BCUT2D eigenvalue weighted by Crippen LogP contribution is -2.10. The number of aryl methyl sites for hydroxylation is 1. The molecule has 74 valence electrons. The van der Waals surface area contributed by atoms with Gasteiger partial charge in [-0.3, -0.25) is 0 Å². The van der Waals surface area contributed by atoms with Crippen molar-refractivity contribution in [3.05, 3.63) is 12.2 Å². The van der Waals surface area contributed by atoms with E-state index in [1.54, 1.807) is 0 Å². The summed E-state index contributed by atoms with van der Waals surface area (Å²) in [7, 11) is 0. The fourth-order valence-corrected chi connectivity index (χ4v) is 1.33. The van der Waals surface area contributed by atoms with Gasteiger partial charge in [0.15, 0.2) is 0 Å². The average Bonchev–Trinajstić information content (AvgIpc) is 2.52. The van der Waals surface area contributed by atoms with Crippen molar-refractivity contribution in [2.75, 3.05) is 0 Å². The molecule has 1 aromatic rings. The molecule has 0 saturated carbocycles. The van der Waals surface area contributed by atoms with Crippen molar-refractivity contribution in [2.45, 2.75) is 46.6 Å². The van der Waals surface area contributed by atoms with Crippen LogP contribution in [0, 0.1) is 5.92 Å². The molecule has 1 rings (SSSR count). The largest absolute Gasteiger partial charge is 0.317 e. The minimum absolute atomic E-state index is 0.494. The molecule has 0 N–H and O–H groups in total. The molecule has 0 aliphatic rings. The topological polar surface area (TPSA) is 30.7 Å². The van der Waals surface area contributed by atoms with Gasteiger partial charge in [0.05, 0.1) is 0 Å². The molecule has 0 amide bonds. The molecule has 0 aliphatic carbocycles. The summed E-state index contributed by atoms with van der Waals surface area (Å²) < 4.78 is 2.16. The van der Waals surface area contributed by atoms with E-state index in [2.05, 4.69) is 42.5 Å². The standard InChI is InChI=1S/C10H19N3/c1-5-6-13-7-11-12-10(13)9(4)8(2)3/h7-9H,5-6H2,1-4H3. The summed E-state index contributed by atoms with van der Waals surface area (Å²) in [5, 5.41) is 8.13. The van der Waals surface area contributed by atoms with Gasteiger partial charge in [-0.2, -0.15) is 0 Å². The maximum absolute atomic E-state index is 4.17. The molecule has 13 heavy (non-hydrogen) atoms. The highest BCUT2D eigenvalue weighted by molar-refractivity contribution is 4.95. The van der Waals surface area contributed by atoms with Crippen molar-refractivity contribution in [1.29, 1.82) is 0 Å². The van der Waals surface area contributed by atoms with Gasteiger partial charge in [0.25, 0.3) is 0 Å². The van der Waals surface area contributed by atoms with Crippen LogP contribution in [-0.2, 0) is 6.54 Å². The van der Waals surface area contributed by atoms with Crippen LogP contribution in [0.2, 0.25) is 0 Å². The monoisotopic (exact) mass is 181 g/mol. The average molecular weight is 181 g/mol. The predicted molar refractivity (Wildman–Crippen MR) is 53.6 cm³/mol. The highest BCUT2D eigenvalue weighted by atomic mass is 15.3. The summed E-state index contributed by atoms with van der Waals surface area (Å²) in [5.41, 5.74) is 0. The Morgan fingerprint density at radius 3 is 2.62 bits per heavy atom. The van der Waals surface area contributed by atoms with Gasteiger partial charge in [-0.15, -0.1) is 10.2 Å². The fraction of sp³-hybridized carbons (Fsp3) is 0.800. The highest BCUT2D eigenvalue weighted by Gasteiger charge is 2.15. The van der Waals surface area contributed by atoms with Crippen LogP contribution in [0.3, 0.4) is 0 Å². The molecule has 0 spiro atoms. The van der Waals surface area contributed by atoms with Gasteiger partial charge >= 0.3 is 0 Å². The molecule has 3 nitrogen and oxygen atoms in total. The summed E-state index contributed by atoms with van der Waals surface area (Å²) in [6.07, 6.45) is 2.97. The summed E-state index contributed by atoms with van der Waals surface area (Å²) in [6.45, 7) is 9.84. The second-order valence-corrected chi connectivity index (χ2v) is 3.92. The Bertz CT molecular complexity index is 252. The first kappa shape index (κ1) is 10.2. The SMILES string of the molecule is CCCn1cnnc1C(C)C(C)C. The first-order chi connectivity index (χ1) is 6.16. The van der Waals surface area contributed by atoms with E-state index in [9.17, 15) is 0 Å². The Kier molecular flexibility index (Phi) is 3.46. The second kappa shape index (κ2) is 4.40. The summed E-state index contributed by atoms with van der Waals surface area (Å²) in [6, 6.07) is 0. The Morgan fingerprint density at radius 1 is 1.38 bits per heavy atom. The van der Waals surface area contributed by atoms with Crippen molar-refractivity contribution >= 4 is 0 Å². The molecule has 0 aromatic carbocycles. The van der Waals surface area contributed by atoms with Crippen LogP contribution < -0.4 is 0 Å². The molecular weight excluding hydrogens is 162 g/mol. The van der Waals surface area contributed by atoms with Crippen molar-refractivity contribution in [3.8, 4) is 0 Å². The van der Waals surface area contributed by atoms with Crippen LogP contribution in [0.1, 0.15) is 45.9 Å². The molecule has 1 aromatic heterocycles. The van der Waals surface area contributed by atoms with Crippen molar-refractivity contribution in [2.24, 2.45) is 5.92 Å². The molecule has 0 aliphatic heterocycles. The van der Waals surface area contributed by atoms with Crippen LogP contribution in [0.5, 0.6) is 0 Å². The number of nitrogens with zero attached hydrogens (tertiary/aromatic N) is 3. The zero-order valence-corrected chi connectivity index (χ0v) is 8.99. The van der Waals surface area contributed by atoms with Gasteiger partial charge in [0.1, 0.15) is 12.2 Å². The Hall–Kier alpha value is -0.860. The summed E-state index contributed by atoms with van der Waals surface area (Å²) >= 11 is 0. The molecule has 1 heterocycles. The maximum atomic E-state index is 4.17. The van der Waals surface area contributed by atoms with Gasteiger partial charge in [0.2, 0.25) is 0 Å². The lowest BCUT2D eigenvalue weighted by molar-refractivity contribution is 0.480. The first-order valence-electron chi connectivity index (χ1n) is 5.04. The van der Waals surface area contributed by atoms with Gasteiger partial charge in [-0.05, 0) is 12.3 Å². The Balaban J connectivity index is 2.80. The maximum Gasteiger partial charge on any atom is 0.135 e. The lowest BCUT2D eigenvalue weighted by atomic mass is 9.97. The van der Waals surface area contributed by atoms with Gasteiger partial charge in [-0.1, -0.05) is 27.7 Å². The number of rotatable bonds is 4. The third kappa shape index (κ3) is 2.29. The quantitative estimate of drug-likeness (QED) is 0.714. The van der Waals surface area contributed by atoms with E-state index in [0.717, 1.165) is 18.8 Å². The van der Waals surface area contributed by atoms with Crippen LogP contribution in [0.15, 0.2) is 6.33 Å². The summed E-state index contributed by atoms with van der Waals surface area (Å²) in [5.74, 6) is 2.24. The number of hydrogen-bond acceptors (Lipinski definition) is 2. The predicted octanol–water partition coefficient (Wildman–Crippen LogP) is 2.45. The van der Waals surface area contributed by atoms with E-state index < -0.39 is 0 Å². The van der Waals surface area contributed by atoms with Crippen LogP contribution in [0.4, 0.5) is 0 Å². The normalized spacial score (nSPS) is 13.6. The van der Waals surface area contributed by atoms with E-state index >= 15 is 0 Å². The van der Waals surface area contributed by atoms with Gasteiger partial charge < -0.3 is 4.57 Å². The van der Waals surface area contributed by atoms with Crippen molar-refractivity contribution in [1.82, 2.24) is 14.8 Å². The van der Waals surface area contributed by atoms with Crippen molar-refractivity contribution in [3.63, 3.8) is 0 Å². The second-order valence-electron chi connectivity index (χ2n) is 3.92. The first-order valence-corrected chi connectivity index (χ1v) is 5.04. The summed E-state index contributed by atoms with van der Waals surface area (Å²) in [4.78, 5) is 0. The third-order valence-corrected chi connectivity index (χ3v) is 2.52. The number of aromatic nitrogens is 3.